The fourth-order valence-electron chi connectivity index (χ4n) is 5.95. The van der Waals surface area contributed by atoms with Gasteiger partial charge in [-0.25, -0.2) is 0 Å². The Morgan fingerprint density at radius 1 is 0.564 bits per heavy atom. The molecular formula is C49H81NO5. The lowest BCUT2D eigenvalue weighted by Gasteiger charge is -2.24. The van der Waals surface area contributed by atoms with Crippen LogP contribution >= 0.6 is 0 Å². The highest BCUT2D eigenvalue weighted by Gasteiger charge is 2.23. The smallest absolute Gasteiger partial charge is 0.306 e. The molecule has 6 heteroatoms. The first kappa shape index (κ1) is 51.8. The van der Waals surface area contributed by atoms with Gasteiger partial charge in [0, 0.05) is 6.42 Å². The number of aliphatic hydroxyl groups is 2. The number of esters is 1. The van der Waals surface area contributed by atoms with E-state index in [0.29, 0.717) is 19.3 Å². The predicted molar refractivity (Wildman–Crippen MR) is 236 cm³/mol. The van der Waals surface area contributed by atoms with Crippen LogP contribution in [0.25, 0.3) is 0 Å². The Hall–Kier alpha value is -3.22. The normalized spacial score (nSPS) is 14.3. The number of carbonyl (C=O) groups is 2. The van der Waals surface area contributed by atoms with Crippen LogP contribution in [0.5, 0.6) is 0 Å². The van der Waals surface area contributed by atoms with Gasteiger partial charge in [0.1, 0.15) is 6.10 Å². The molecule has 3 N–H and O–H groups in total. The number of rotatable bonds is 37. The van der Waals surface area contributed by atoms with Gasteiger partial charge >= 0.3 is 5.97 Å². The summed E-state index contributed by atoms with van der Waals surface area (Å²) in [5.41, 5.74) is 0. The summed E-state index contributed by atoms with van der Waals surface area (Å²) in [6.07, 6.45) is 54.8. The zero-order valence-electron chi connectivity index (χ0n) is 35.3. The first-order chi connectivity index (χ1) is 27.0. The van der Waals surface area contributed by atoms with Gasteiger partial charge in [0.15, 0.2) is 0 Å². The van der Waals surface area contributed by atoms with Gasteiger partial charge in [-0.2, -0.15) is 0 Å². The number of nitrogens with one attached hydrogen (secondary N) is 1. The van der Waals surface area contributed by atoms with Crippen LogP contribution in [0, 0.1) is 0 Å². The Morgan fingerprint density at radius 2 is 1.07 bits per heavy atom. The highest BCUT2D eigenvalue weighted by molar-refractivity contribution is 5.77. The maximum absolute atomic E-state index is 13.1. The molecule has 3 unspecified atom stereocenters. The molecule has 0 saturated carbocycles. The number of amides is 1. The maximum Gasteiger partial charge on any atom is 0.306 e. The molecule has 6 nitrogen and oxygen atoms in total. The summed E-state index contributed by atoms with van der Waals surface area (Å²) < 4.78 is 5.83. The molecular weight excluding hydrogens is 683 g/mol. The molecule has 0 aromatic rings. The lowest BCUT2D eigenvalue weighted by molar-refractivity contribution is -0.150. The number of ether oxygens (including phenoxy) is 1. The molecule has 0 aliphatic heterocycles. The van der Waals surface area contributed by atoms with Gasteiger partial charge in [-0.3, -0.25) is 9.59 Å². The molecule has 1 amide bonds. The zero-order valence-corrected chi connectivity index (χ0v) is 35.3. The number of aliphatic hydroxyl groups excluding tert-OH is 2. The second-order valence-corrected chi connectivity index (χ2v) is 14.4. The van der Waals surface area contributed by atoms with E-state index in [9.17, 15) is 19.8 Å². The molecule has 0 fully saturated rings. The Morgan fingerprint density at radius 3 is 1.65 bits per heavy atom. The molecule has 0 aliphatic rings. The summed E-state index contributed by atoms with van der Waals surface area (Å²) in [5.74, 6) is -0.623. The fourth-order valence-corrected chi connectivity index (χ4v) is 5.95. The Kier molecular flexibility index (Phi) is 39.5. The van der Waals surface area contributed by atoms with Gasteiger partial charge in [-0.15, -0.1) is 0 Å². The van der Waals surface area contributed by atoms with Crippen LogP contribution in [0.15, 0.2) is 97.2 Å². The van der Waals surface area contributed by atoms with Crippen molar-refractivity contribution in [1.82, 2.24) is 5.32 Å². The van der Waals surface area contributed by atoms with Crippen molar-refractivity contribution in [3.05, 3.63) is 97.2 Å². The monoisotopic (exact) mass is 764 g/mol. The third kappa shape index (κ3) is 37.5. The minimum atomic E-state index is -0.812. The Bertz CT molecular complexity index is 1130. The van der Waals surface area contributed by atoms with Crippen molar-refractivity contribution >= 4 is 11.9 Å². The summed E-state index contributed by atoms with van der Waals surface area (Å²) in [5, 5.41) is 23.5. The van der Waals surface area contributed by atoms with E-state index in [-0.39, 0.29) is 31.3 Å². The number of allylic oxidation sites excluding steroid dienone is 16. The van der Waals surface area contributed by atoms with E-state index in [1.165, 1.54) is 38.5 Å². The summed E-state index contributed by atoms with van der Waals surface area (Å²) in [6.45, 7) is 6.15. The lowest BCUT2D eigenvalue weighted by atomic mass is 10.0. The van der Waals surface area contributed by atoms with Crippen LogP contribution < -0.4 is 5.32 Å². The molecule has 55 heavy (non-hydrogen) atoms. The Balaban J connectivity index is 4.78. The van der Waals surface area contributed by atoms with Crippen LogP contribution in [0.3, 0.4) is 0 Å². The van der Waals surface area contributed by atoms with Crippen molar-refractivity contribution in [2.75, 3.05) is 6.61 Å². The molecule has 0 aromatic carbocycles. The molecule has 3 atom stereocenters. The van der Waals surface area contributed by atoms with Crippen molar-refractivity contribution in [2.24, 2.45) is 0 Å². The number of carbonyl (C=O) groups excluding carboxylic acids is 2. The van der Waals surface area contributed by atoms with Gasteiger partial charge in [0.05, 0.1) is 25.2 Å². The molecule has 0 saturated heterocycles. The minimum Gasteiger partial charge on any atom is -0.462 e. The summed E-state index contributed by atoms with van der Waals surface area (Å²) >= 11 is 0. The third-order valence-corrected chi connectivity index (χ3v) is 9.23. The molecule has 0 radical (unpaired) electrons. The van der Waals surface area contributed by atoms with E-state index >= 15 is 0 Å². The molecule has 0 aliphatic carbocycles. The van der Waals surface area contributed by atoms with Gasteiger partial charge in [0.2, 0.25) is 5.91 Å². The molecule has 312 valence electrons. The second-order valence-electron chi connectivity index (χ2n) is 14.4. The van der Waals surface area contributed by atoms with E-state index in [0.717, 1.165) is 83.5 Å². The standard InChI is InChI=1S/C49H81NO5/c1-4-7-10-13-16-19-21-22-23-24-25-27-30-33-36-39-42-49(54)55-45(40-37-34-31-29-26-20-17-14-11-8-5-2)43-48(53)50-46(44-51)47(52)41-38-35-32-28-18-15-12-9-6-3/h7-8,10-11,14,16-17,19-20,22-23,25-27,33,36,45-47,51-52H,4-6,9,12-13,15,18,21,24,28-32,34-35,37-44H2,1-3H3,(H,50,53)/b10-7+,11-8+,17-14+,19-16+,23-22+,26-20-,27-25+,36-33+. The van der Waals surface area contributed by atoms with Crippen molar-refractivity contribution in [2.45, 2.75) is 193 Å². The SMILES string of the molecule is CC/C=C/C=C/C=C\CCCCCC(CC(=O)NC(CO)C(O)CCCCCCCCCCC)OC(=O)CC/C=C/C/C=C/C/C=C/C/C=C/C/C=C/CC. The van der Waals surface area contributed by atoms with Crippen LogP contribution in [0.4, 0.5) is 0 Å². The highest BCUT2D eigenvalue weighted by Crippen LogP contribution is 2.16. The van der Waals surface area contributed by atoms with Gasteiger partial charge in [-0.05, 0) is 77.0 Å². The van der Waals surface area contributed by atoms with Crippen LogP contribution in [-0.2, 0) is 14.3 Å². The molecule has 0 rings (SSSR count). The Labute approximate surface area is 337 Å². The highest BCUT2D eigenvalue weighted by atomic mass is 16.5. The van der Waals surface area contributed by atoms with E-state index in [1.54, 1.807) is 0 Å². The van der Waals surface area contributed by atoms with Crippen molar-refractivity contribution in [3.63, 3.8) is 0 Å². The molecule has 0 aromatic heterocycles. The molecule has 0 bridgehead atoms. The van der Waals surface area contributed by atoms with Crippen molar-refractivity contribution in [3.8, 4) is 0 Å². The number of unbranched alkanes of at least 4 members (excludes halogenated alkanes) is 11. The van der Waals surface area contributed by atoms with Gasteiger partial charge in [-0.1, -0.05) is 182 Å². The topological polar surface area (TPSA) is 95.9 Å². The third-order valence-electron chi connectivity index (χ3n) is 9.23. The van der Waals surface area contributed by atoms with E-state index in [4.69, 9.17) is 4.74 Å². The lowest BCUT2D eigenvalue weighted by Crippen LogP contribution is -2.46. The molecule has 0 spiro atoms. The van der Waals surface area contributed by atoms with Gasteiger partial charge in [0.25, 0.3) is 0 Å². The first-order valence-corrected chi connectivity index (χ1v) is 22.0. The minimum absolute atomic E-state index is 0.0185. The zero-order chi connectivity index (χ0) is 40.3. The largest absolute Gasteiger partial charge is 0.462 e. The van der Waals surface area contributed by atoms with Crippen LogP contribution in [0.2, 0.25) is 0 Å². The number of hydrogen-bond donors (Lipinski definition) is 3. The van der Waals surface area contributed by atoms with Crippen LogP contribution in [0.1, 0.15) is 175 Å². The predicted octanol–water partition coefficient (Wildman–Crippen LogP) is 12.6. The van der Waals surface area contributed by atoms with E-state index in [2.05, 4.69) is 99.0 Å². The summed E-state index contributed by atoms with van der Waals surface area (Å²) in [4.78, 5) is 25.9. The van der Waals surface area contributed by atoms with E-state index < -0.39 is 18.2 Å². The maximum atomic E-state index is 13.1. The van der Waals surface area contributed by atoms with Crippen LogP contribution in [-0.4, -0.2) is 46.9 Å². The van der Waals surface area contributed by atoms with Crippen molar-refractivity contribution < 1.29 is 24.5 Å². The quantitative estimate of drug-likeness (QED) is 0.0253. The van der Waals surface area contributed by atoms with Crippen molar-refractivity contribution in [1.29, 1.82) is 0 Å². The summed E-state index contributed by atoms with van der Waals surface area (Å²) in [7, 11) is 0. The first-order valence-electron chi connectivity index (χ1n) is 22.0. The molecule has 0 heterocycles. The second kappa shape index (κ2) is 41.9. The average Bonchev–Trinajstić information content (AvgIpc) is 3.18. The van der Waals surface area contributed by atoms with Gasteiger partial charge < -0.3 is 20.3 Å². The summed E-state index contributed by atoms with van der Waals surface area (Å²) in [6, 6.07) is -0.730. The fraction of sp³-hybridized carbons (Fsp3) is 0.633. The van der Waals surface area contributed by atoms with E-state index in [1.807, 2.05) is 24.3 Å². The number of hydrogen-bond acceptors (Lipinski definition) is 5. The average molecular weight is 764 g/mol.